The van der Waals surface area contributed by atoms with Gasteiger partial charge in [-0.1, -0.05) is 30.3 Å². The second-order valence-electron chi connectivity index (χ2n) is 6.21. The Morgan fingerprint density at radius 3 is 2.52 bits per heavy atom. The fraction of sp³-hybridized carbons (Fsp3) is 0.647. The third-order valence-electron chi connectivity index (χ3n) is 4.11. The molecule has 1 heterocycles. The molecule has 0 saturated carbocycles. The molecule has 1 aromatic rings. The zero-order valence-corrected chi connectivity index (χ0v) is 14.7. The van der Waals surface area contributed by atoms with Gasteiger partial charge < -0.3 is 9.64 Å². The molecule has 5 nitrogen and oxygen atoms in total. The summed E-state index contributed by atoms with van der Waals surface area (Å²) in [5.41, 5.74) is 1.31. The number of likely N-dealkylation sites (tertiary alicyclic amines) is 1. The highest BCUT2D eigenvalue weighted by molar-refractivity contribution is 7.88. The van der Waals surface area contributed by atoms with Crippen molar-refractivity contribution in [2.24, 2.45) is 0 Å². The largest absolute Gasteiger partial charge is 0.381 e. The Hall–Kier alpha value is -0.950. The average Bonchev–Trinajstić information content (AvgIpc) is 2.52. The number of rotatable bonds is 9. The Balaban J connectivity index is 1.49. The van der Waals surface area contributed by atoms with Crippen LogP contribution in [-0.2, 0) is 21.2 Å². The van der Waals surface area contributed by atoms with Crippen molar-refractivity contribution in [2.75, 3.05) is 39.1 Å². The van der Waals surface area contributed by atoms with Gasteiger partial charge in [0.1, 0.15) is 0 Å². The fourth-order valence-corrected chi connectivity index (χ4v) is 3.75. The predicted octanol–water partition coefficient (Wildman–Crippen LogP) is 1.65. The smallest absolute Gasteiger partial charge is 0.208 e. The van der Waals surface area contributed by atoms with Crippen LogP contribution < -0.4 is 4.72 Å². The van der Waals surface area contributed by atoms with E-state index in [1.807, 2.05) is 6.07 Å². The Kier molecular flexibility index (Phi) is 7.49. The van der Waals surface area contributed by atoms with Crippen LogP contribution in [0.25, 0.3) is 0 Å². The van der Waals surface area contributed by atoms with Crippen molar-refractivity contribution in [3.8, 4) is 0 Å². The van der Waals surface area contributed by atoms with Crippen molar-refractivity contribution in [3.63, 3.8) is 0 Å². The zero-order valence-electron chi connectivity index (χ0n) is 13.9. The lowest BCUT2D eigenvalue weighted by atomic mass is 10.1. The van der Waals surface area contributed by atoms with Gasteiger partial charge in [-0.05, 0) is 44.3 Å². The van der Waals surface area contributed by atoms with Gasteiger partial charge in [0.15, 0.2) is 0 Å². The van der Waals surface area contributed by atoms with Crippen LogP contribution in [0.5, 0.6) is 0 Å². The maximum absolute atomic E-state index is 11.2. The van der Waals surface area contributed by atoms with Gasteiger partial charge in [-0.25, -0.2) is 13.1 Å². The van der Waals surface area contributed by atoms with Gasteiger partial charge in [0, 0.05) is 19.2 Å². The highest BCUT2D eigenvalue weighted by Gasteiger charge is 2.20. The fourth-order valence-electron chi connectivity index (χ4n) is 2.90. The molecular weight excluding hydrogens is 312 g/mol. The number of nitrogens with one attached hydrogen (secondary N) is 1. The van der Waals surface area contributed by atoms with Gasteiger partial charge in [-0.2, -0.15) is 0 Å². The highest BCUT2D eigenvalue weighted by Crippen LogP contribution is 2.11. The van der Waals surface area contributed by atoms with E-state index in [0.29, 0.717) is 0 Å². The summed E-state index contributed by atoms with van der Waals surface area (Å²) < 4.78 is 30.8. The molecule has 1 N–H and O–H groups in total. The number of piperidine rings is 1. The van der Waals surface area contributed by atoms with Crippen molar-refractivity contribution < 1.29 is 13.2 Å². The summed E-state index contributed by atoms with van der Waals surface area (Å²) in [4.78, 5) is 2.39. The monoisotopic (exact) mass is 340 g/mol. The van der Waals surface area contributed by atoms with Crippen molar-refractivity contribution >= 4 is 10.0 Å². The van der Waals surface area contributed by atoms with Crippen LogP contribution in [0.3, 0.4) is 0 Å². The van der Waals surface area contributed by atoms with E-state index >= 15 is 0 Å². The van der Waals surface area contributed by atoms with Crippen LogP contribution in [0.1, 0.15) is 24.8 Å². The second kappa shape index (κ2) is 9.37. The van der Waals surface area contributed by atoms with Crippen molar-refractivity contribution in [1.29, 1.82) is 0 Å². The lowest BCUT2D eigenvalue weighted by Gasteiger charge is -2.31. The van der Waals surface area contributed by atoms with Gasteiger partial charge in [-0.15, -0.1) is 0 Å². The maximum atomic E-state index is 11.2. The summed E-state index contributed by atoms with van der Waals surface area (Å²) in [5.74, 6) is 0. The lowest BCUT2D eigenvalue weighted by molar-refractivity contribution is 0.117. The first-order valence-electron chi connectivity index (χ1n) is 8.34. The number of nitrogens with zero attached hydrogens (tertiary/aromatic N) is 1. The predicted molar refractivity (Wildman–Crippen MR) is 93.0 cm³/mol. The average molecular weight is 340 g/mol. The Morgan fingerprint density at radius 2 is 1.87 bits per heavy atom. The van der Waals surface area contributed by atoms with Crippen LogP contribution in [-0.4, -0.2) is 58.5 Å². The Bertz CT molecular complexity index is 540. The van der Waals surface area contributed by atoms with Crippen molar-refractivity contribution in [1.82, 2.24) is 9.62 Å². The molecule has 0 unspecified atom stereocenters. The second-order valence-corrected chi connectivity index (χ2v) is 7.99. The first-order valence-corrected chi connectivity index (χ1v) is 10.2. The molecule has 2 rings (SSSR count). The van der Waals surface area contributed by atoms with E-state index in [-0.39, 0.29) is 6.04 Å². The third-order valence-corrected chi connectivity index (χ3v) is 4.87. The van der Waals surface area contributed by atoms with Gasteiger partial charge >= 0.3 is 0 Å². The molecule has 1 aliphatic heterocycles. The van der Waals surface area contributed by atoms with Crippen LogP contribution >= 0.6 is 0 Å². The summed E-state index contributed by atoms with van der Waals surface area (Å²) in [6.45, 7) is 4.49. The molecule has 1 aliphatic rings. The first kappa shape index (κ1) is 18.4. The van der Waals surface area contributed by atoms with Crippen LogP contribution in [0.2, 0.25) is 0 Å². The molecule has 0 bridgehead atoms. The molecule has 1 saturated heterocycles. The Morgan fingerprint density at radius 1 is 1.17 bits per heavy atom. The van der Waals surface area contributed by atoms with Crippen molar-refractivity contribution in [3.05, 3.63) is 35.9 Å². The summed E-state index contributed by atoms with van der Waals surface area (Å²) in [7, 11) is -3.08. The summed E-state index contributed by atoms with van der Waals surface area (Å²) in [5, 5.41) is 0. The number of benzene rings is 1. The molecule has 0 spiro atoms. The van der Waals surface area contributed by atoms with Gasteiger partial charge in [0.25, 0.3) is 0 Å². The van der Waals surface area contributed by atoms with E-state index in [1.165, 1.54) is 11.8 Å². The molecule has 6 heteroatoms. The minimum absolute atomic E-state index is 0.100. The van der Waals surface area contributed by atoms with E-state index in [9.17, 15) is 8.42 Å². The molecule has 130 valence electrons. The molecule has 1 fully saturated rings. The molecule has 0 atom stereocenters. The zero-order chi connectivity index (χ0) is 16.5. The van der Waals surface area contributed by atoms with Crippen LogP contribution in [0, 0.1) is 0 Å². The van der Waals surface area contributed by atoms with E-state index < -0.39 is 10.0 Å². The number of sulfonamides is 1. The number of hydrogen-bond donors (Lipinski definition) is 1. The summed E-state index contributed by atoms with van der Waals surface area (Å²) in [6, 6.07) is 10.5. The summed E-state index contributed by atoms with van der Waals surface area (Å²) in [6.07, 6.45) is 5.00. The number of hydrogen-bond acceptors (Lipinski definition) is 4. The molecule has 23 heavy (non-hydrogen) atoms. The molecule has 0 radical (unpaired) electrons. The topological polar surface area (TPSA) is 58.6 Å². The molecular formula is C17H28N2O3S. The minimum Gasteiger partial charge on any atom is -0.381 e. The van der Waals surface area contributed by atoms with Gasteiger partial charge in [0.05, 0.1) is 12.9 Å². The quantitative estimate of drug-likeness (QED) is 0.695. The van der Waals surface area contributed by atoms with E-state index in [0.717, 1.165) is 58.5 Å². The van der Waals surface area contributed by atoms with E-state index in [2.05, 4.69) is 33.9 Å². The first-order chi connectivity index (χ1) is 11.0. The molecule has 0 amide bonds. The SMILES string of the molecule is CS(=O)(=O)NC1CCN(CCCOCCc2ccccc2)CC1. The van der Waals surface area contributed by atoms with Crippen molar-refractivity contribution in [2.45, 2.75) is 31.7 Å². The van der Waals surface area contributed by atoms with Crippen LogP contribution in [0.4, 0.5) is 0 Å². The number of ether oxygens (including phenoxy) is 1. The molecule has 1 aromatic carbocycles. The lowest BCUT2D eigenvalue weighted by Crippen LogP contribution is -2.44. The van der Waals surface area contributed by atoms with Crippen LogP contribution in [0.15, 0.2) is 30.3 Å². The normalized spacial score (nSPS) is 17.4. The third kappa shape index (κ3) is 7.92. The molecule has 0 aromatic heterocycles. The Labute approximate surface area is 140 Å². The van der Waals surface area contributed by atoms with Gasteiger partial charge in [0.2, 0.25) is 10.0 Å². The standard InChI is InChI=1S/C17H28N2O3S/c1-23(20,21)18-17-8-12-19(13-9-17)11-5-14-22-15-10-16-6-3-2-4-7-16/h2-4,6-7,17-18H,5,8-15H2,1H3. The highest BCUT2D eigenvalue weighted by atomic mass is 32.2. The molecule has 0 aliphatic carbocycles. The summed E-state index contributed by atoms with van der Waals surface area (Å²) >= 11 is 0. The minimum atomic E-state index is -3.08. The maximum Gasteiger partial charge on any atom is 0.208 e. The van der Waals surface area contributed by atoms with Gasteiger partial charge in [-0.3, -0.25) is 0 Å². The van der Waals surface area contributed by atoms with E-state index in [1.54, 1.807) is 0 Å². The van der Waals surface area contributed by atoms with E-state index in [4.69, 9.17) is 4.74 Å².